The highest BCUT2D eigenvalue weighted by molar-refractivity contribution is 9.09. The first-order valence-electron chi connectivity index (χ1n) is 5.54. The second-order valence-corrected chi connectivity index (χ2v) is 5.19. The summed E-state index contributed by atoms with van der Waals surface area (Å²) in [4.78, 5) is 0. The molecular weight excluding hydrogens is 287 g/mol. The van der Waals surface area contributed by atoms with E-state index in [0.717, 1.165) is 40.3 Å². The van der Waals surface area contributed by atoms with Gasteiger partial charge in [0.2, 0.25) is 0 Å². The zero-order valence-corrected chi connectivity index (χ0v) is 12.4. The summed E-state index contributed by atoms with van der Waals surface area (Å²) in [6, 6.07) is 3.89. The van der Waals surface area contributed by atoms with Crippen LogP contribution >= 0.6 is 27.5 Å². The minimum Gasteiger partial charge on any atom is -0.493 e. The second kappa shape index (κ2) is 6.51. The maximum absolute atomic E-state index is 5.98. The summed E-state index contributed by atoms with van der Waals surface area (Å²) in [5.41, 5.74) is 2.21. The van der Waals surface area contributed by atoms with Crippen molar-refractivity contribution in [2.24, 2.45) is 5.92 Å². The number of benzene rings is 1. The Hall–Kier alpha value is -0.210. The van der Waals surface area contributed by atoms with Crippen molar-refractivity contribution in [2.45, 2.75) is 27.2 Å². The molecule has 0 N–H and O–H groups in total. The monoisotopic (exact) mass is 304 g/mol. The summed E-state index contributed by atoms with van der Waals surface area (Å²) in [7, 11) is 0. The molecular formula is C13H18BrClO. The van der Waals surface area contributed by atoms with Gasteiger partial charge in [-0.2, -0.15) is 0 Å². The SMILES string of the molecule is CCC(CBr)COc1c(C)cc(Cl)cc1C. The smallest absolute Gasteiger partial charge is 0.125 e. The van der Waals surface area contributed by atoms with Gasteiger partial charge in [-0.3, -0.25) is 0 Å². The molecule has 1 atom stereocenters. The third-order valence-electron chi connectivity index (χ3n) is 2.68. The summed E-state index contributed by atoms with van der Waals surface area (Å²) in [5, 5.41) is 1.75. The molecule has 0 aliphatic heterocycles. The zero-order valence-electron chi connectivity index (χ0n) is 10.0. The van der Waals surface area contributed by atoms with Crippen molar-refractivity contribution >= 4 is 27.5 Å². The van der Waals surface area contributed by atoms with Crippen LogP contribution in [0.15, 0.2) is 12.1 Å². The number of aryl methyl sites for hydroxylation is 2. The molecule has 1 rings (SSSR count). The molecule has 0 bridgehead atoms. The van der Waals surface area contributed by atoms with Gasteiger partial charge in [-0.05, 0) is 43.5 Å². The van der Waals surface area contributed by atoms with E-state index in [-0.39, 0.29) is 0 Å². The number of ether oxygens (including phenoxy) is 1. The highest BCUT2D eigenvalue weighted by Crippen LogP contribution is 2.27. The lowest BCUT2D eigenvalue weighted by Crippen LogP contribution is -2.13. The predicted molar refractivity (Wildman–Crippen MR) is 74.0 cm³/mol. The van der Waals surface area contributed by atoms with Gasteiger partial charge in [-0.25, -0.2) is 0 Å². The number of hydrogen-bond donors (Lipinski definition) is 0. The summed E-state index contributed by atoms with van der Waals surface area (Å²) in [6.45, 7) is 6.99. The molecule has 0 fully saturated rings. The van der Waals surface area contributed by atoms with E-state index >= 15 is 0 Å². The standard InChI is InChI=1S/C13H18BrClO/c1-4-11(7-14)8-16-13-9(2)5-12(15)6-10(13)3/h5-6,11H,4,7-8H2,1-3H3. The van der Waals surface area contributed by atoms with Crippen LogP contribution in [0, 0.1) is 19.8 Å². The highest BCUT2D eigenvalue weighted by Gasteiger charge is 2.09. The van der Waals surface area contributed by atoms with Crippen molar-refractivity contribution < 1.29 is 4.74 Å². The Morgan fingerprint density at radius 2 is 1.88 bits per heavy atom. The van der Waals surface area contributed by atoms with Crippen LogP contribution in [0.25, 0.3) is 0 Å². The third-order valence-corrected chi connectivity index (χ3v) is 3.82. The molecule has 0 aliphatic rings. The minimum atomic E-state index is 0.564. The lowest BCUT2D eigenvalue weighted by atomic mass is 10.1. The summed E-state index contributed by atoms with van der Waals surface area (Å²) in [5.74, 6) is 1.54. The van der Waals surface area contributed by atoms with Gasteiger partial charge in [0, 0.05) is 16.3 Å². The first-order chi connectivity index (χ1) is 7.58. The molecule has 0 heterocycles. The van der Waals surface area contributed by atoms with Gasteiger partial charge >= 0.3 is 0 Å². The maximum Gasteiger partial charge on any atom is 0.125 e. The number of halogens is 2. The number of hydrogen-bond acceptors (Lipinski definition) is 1. The van der Waals surface area contributed by atoms with E-state index in [9.17, 15) is 0 Å². The Kier molecular flexibility index (Phi) is 5.63. The minimum absolute atomic E-state index is 0.564. The van der Waals surface area contributed by atoms with Crippen molar-refractivity contribution in [3.8, 4) is 5.75 Å². The molecule has 0 saturated carbocycles. The van der Waals surface area contributed by atoms with Gasteiger partial charge in [0.05, 0.1) is 6.61 Å². The van der Waals surface area contributed by atoms with E-state index in [1.54, 1.807) is 0 Å². The third kappa shape index (κ3) is 3.67. The topological polar surface area (TPSA) is 9.23 Å². The average Bonchev–Trinajstić information content (AvgIpc) is 2.22. The Balaban J connectivity index is 2.74. The van der Waals surface area contributed by atoms with Crippen molar-refractivity contribution in [3.05, 3.63) is 28.3 Å². The molecule has 1 unspecified atom stereocenters. The number of alkyl halides is 1. The largest absolute Gasteiger partial charge is 0.493 e. The lowest BCUT2D eigenvalue weighted by molar-refractivity contribution is 0.257. The van der Waals surface area contributed by atoms with Crippen molar-refractivity contribution in [1.82, 2.24) is 0 Å². The van der Waals surface area contributed by atoms with Crippen LogP contribution in [0.5, 0.6) is 5.75 Å². The van der Waals surface area contributed by atoms with Crippen LogP contribution in [-0.2, 0) is 0 Å². The number of rotatable bonds is 5. The molecule has 1 aromatic rings. The Morgan fingerprint density at radius 1 is 1.31 bits per heavy atom. The fourth-order valence-corrected chi connectivity index (χ4v) is 2.57. The Labute approximate surface area is 111 Å². The molecule has 0 aromatic heterocycles. The van der Waals surface area contributed by atoms with Gasteiger partial charge in [0.15, 0.2) is 0 Å². The first-order valence-corrected chi connectivity index (χ1v) is 7.04. The summed E-state index contributed by atoms with van der Waals surface area (Å²) >= 11 is 9.47. The van der Waals surface area contributed by atoms with Crippen LogP contribution in [0.1, 0.15) is 24.5 Å². The molecule has 1 nitrogen and oxygen atoms in total. The quantitative estimate of drug-likeness (QED) is 0.713. The lowest BCUT2D eigenvalue weighted by Gasteiger charge is -2.16. The Morgan fingerprint density at radius 3 is 2.31 bits per heavy atom. The summed E-state index contributed by atoms with van der Waals surface area (Å²) < 4.78 is 5.88. The molecule has 0 saturated heterocycles. The summed E-state index contributed by atoms with van der Waals surface area (Å²) in [6.07, 6.45) is 1.12. The van der Waals surface area contributed by atoms with E-state index in [4.69, 9.17) is 16.3 Å². The maximum atomic E-state index is 5.98. The fourth-order valence-electron chi connectivity index (χ4n) is 1.60. The Bertz CT molecular complexity index is 325. The molecule has 0 radical (unpaired) electrons. The van der Waals surface area contributed by atoms with Gasteiger partial charge in [0.1, 0.15) is 5.75 Å². The molecule has 1 aromatic carbocycles. The zero-order chi connectivity index (χ0) is 12.1. The van der Waals surface area contributed by atoms with Gasteiger partial charge in [0.25, 0.3) is 0 Å². The van der Waals surface area contributed by atoms with Gasteiger partial charge < -0.3 is 4.74 Å². The first kappa shape index (κ1) is 13.9. The van der Waals surface area contributed by atoms with E-state index in [1.165, 1.54) is 0 Å². The average molecular weight is 306 g/mol. The normalized spacial score (nSPS) is 12.6. The molecule has 16 heavy (non-hydrogen) atoms. The van der Waals surface area contributed by atoms with Crippen LogP contribution in [0.4, 0.5) is 0 Å². The van der Waals surface area contributed by atoms with E-state index < -0.39 is 0 Å². The van der Waals surface area contributed by atoms with E-state index in [1.807, 2.05) is 26.0 Å². The van der Waals surface area contributed by atoms with Crippen LogP contribution < -0.4 is 4.74 Å². The van der Waals surface area contributed by atoms with Crippen LogP contribution in [0.2, 0.25) is 5.02 Å². The molecule has 0 spiro atoms. The molecule has 0 aliphatic carbocycles. The van der Waals surface area contributed by atoms with Crippen molar-refractivity contribution in [2.75, 3.05) is 11.9 Å². The van der Waals surface area contributed by atoms with Crippen molar-refractivity contribution in [3.63, 3.8) is 0 Å². The fraction of sp³-hybridized carbons (Fsp3) is 0.538. The van der Waals surface area contributed by atoms with E-state index in [2.05, 4.69) is 22.9 Å². The van der Waals surface area contributed by atoms with Gasteiger partial charge in [-0.15, -0.1) is 0 Å². The molecule has 3 heteroatoms. The predicted octanol–water partition coefficient (Wildman–Crippen LogP) is 4.76. The van der Waals surface area contributed by atoms with Crippen molar-refractivity contribution in [1.29, 1.82) is 0 Å². The highest BCUT2D eigenvalue weighted by atomic mass is 79.9. The van der Waals surface area contributed by atoms with Crippen LogP contribution in [-0.4, -0.2) is 11.9 Å². The molecule has 90 valence electrons. The van der Waals surface area contributed by atoms with Crippen LogP contribution in [0.3, 0.4) is 0 Å². The van der Waals surface area contributed by atoms with E-state index in [0.29, 0.717) is 5.92 Å². The molecule has 0 amide bonds. The second-order valence-electron chi connectivity index (χ2n) is 4.11. The van der Waals surface area contributed by atoms with Gasteiger partial charge in [-0.1, -0.05) is 34.5 Å².